The van der Waals surface area contributed by atoms with Crippen LogP contribution in [0.25, 0.3) is 0 Å². The number of aliphatic imine (C=N–C) groups is 1. The van der Waals surface area contributed by atoms with Gasteiger partial charge in [-0.2, -0.15) is 13.2 Å². The second-order valence-corrected chi connectivity index (χ2v) is 7.06. The van der Waals surface area contributed by atoms with Crippen molar-refractivity contribution in [1.82, 2.24) is 15.6 Å². The molecule has 0 aliphatic carbocycles. The molecule has 2 aromatic rings. The summed E-state index contributed by atoms with van der Waals surface area (Å²) in [5.74, 6) is 1.69. The lowest BCUT2D eigenvalue weighted by molar-refractivity contribution is -0.154. The standard InChI is InChI=1S/C20H27F3N4O3/c1-5-24-18(27-11-19(4,28)16-8-13(2)30-14(16)3)26-10-15-6-7-25-17(9-15)29-12-20(21,22)23/h6-9,28H,5,10-12H2,1-4H3,(H2,24,26,27). The van der Waals surface area contributed by atoms with Gasteiger partial charge in [0.25, 0.3) is 0 Å². The Morgan fingerprint density at radius 1 is 1.27 bits per heavy atom. The summed E-state index contributed by atoms with van der Waals surface area (Å²) in [6.45, 7) is 6.72. The van der Waals surface area contributed by atoms with E-state index in [1.54, 1.807) is 26.0 Å². The topological polar surface area (TPSA) is 91.9 Å². The lowest BCUT2D eigenvalue weighted by Gasteiger charge is -2.24. The number of hydrogen-bond acceptors (Lipinski definition) is 5. The molecule has 2 rings (SSSR count). The van der Waals surface area contributed by atoms with Crippen LogP contribution in [0.3, 0.4) is 0 Å². The van der Waals surface area contributed by atoms with Gasteiger partial charge in [0.1, 0.15) is 17.1 Å². The van der Waals surface area contributed by atoms with Crippen LogP contribution >= 0.6 is 0 Å². The van der Waals surface area contributed by atoms with Gasteiger partial charge in [-0.15, -0.1) is 0 Å². The zero-order valence-corrected chi connectivity index (χ0v) is 17.4. The number of aromatic nitrogens is 1. The normalized spacial score (nSPS) is 14.3. The molecule has 1 atom stereocenters. The van der Waals surface area contributed by atoms with E-state index in [0.717, 1.165) is 0 Å². The van der Waals surface area contributed by atoms with E-state index in [2.05, 4.69) is 25.3 Å². The number of nitrogens with zero attached hydrogens (tertiary/aromatic N) is 2. The van der Waals surface area contributed by atoms with E-state index in [9.17, 15) is 18.3 Å². The molecule has 0 saturated heterocycles. The monoisotopic (exact) mass is 428 g/mol. The molecule has 10 heteroatoms. The third-order valence-corrected chi connectivity index (χ3v) is 4.17. The van der Waals surface area contributed by atoms with Gasteiger partial charge in [0.2, 0.25) is 5.88 Å². The van der Waals surface area contributed by atoms with E-state index in [0.29, 0.717) is 35.2 Å². The first-order valence-electron chi connectivity index (χ1n) is 9.46. The number of hydrogen-bond donors (Lipinski definition) is 3. The second kappa shape index (κ2) is 9.84. The molecular formula is C20H27F3N4O3. The highest BCUT2D eigenvalue weighted by Gasteiger charge is 2.29. The number of guanidine groups is 1. The number of furan rings is 1. The van der Waals surface area contributed by atoms with Crippen molar-refractivity contribution in [2.24, 2.45) is 4.99 Å². The number of aryl methyl sites for hydroxylation is 2. The molecular weight excluding hydrogens is 401 g/mol. The first-order valence-corrected chi connectivity index (χ1v) is 9.46. The molecule has 2 aromatic heterocycles. The first-order chi connectivity index (χ1) is 14.0. The summed E-state index contributed by atoms with van der Waals surface area (Å²) in [4.78, 5) is 8.19. The number of alkyl halides is 3. The van der Waals surface area contributed by atoms with E-state index < -0.39 is 18.4 Å². The Hall–Kier alpha value is -2.75. The predicted octanol–water partition coefficient (Wildman–Crippen LogP) is 3.20. The molecule has 30 heavy (non-hydrogen) atoms. The van der Waals surface area contributed by atoms with E-state index >= 15 is 0 Å². The Labute approximate surface area is 173 Å². The number of nitrogens with one attached hydrogen (secondary N) is 2. The van der Waals surface area contributed by atoms with Gasteiger partial charge in [-0.05, 0) is 45.4 Å². The van der Waals surface area contributed by atoms with Crippen LogP contribution in [0.1, 0.15) is 36.5 Å². The third-order valence-electron chi connectivity index (χ3n) is 4.17. The van der Waals surface area contributed by atoms with Crippen molar-refractivity contribution in [1.29, 1.82) is 0 Å². The number of halogens is 3. The van der Waals surface area contributed by atoms with Crippen LogP contribution in [-0.4, -0.2) is 41.9 Å². The van der Waals surface area contributed by atoms with Crippen LogP contribution in [0.2, 0.25) is 0 Å². The van der Waals surface area contributed by atoms with E-state index in [-0.39, 0.29) is 19.0 Å². The molecule has 0 saturated carbocycles. The van der Waals surface area contributed by atoms with Gasteiger partial charge in [-0.25, -0.2) is 9.98 Å². The van der Waals surface area contributed by atoms with Crippen LogP contribution in [0.4, 0.5) is 13.2 Å². The fraction of sp³-hybridized carbons (Fsp3) is 0.500. The Kier molecular flexibility index (Phi) is 7.71. The van der Waals surface area contributed by atoms with E-state index in [1.165, 1.54) is 12.3 Å². The van der Waals surface area contributed by atoms with E-state index in [4.69, 9.17) is 4.42 Å². The molecule has 0 aliphatic heterocycles. The largest absolute Gasteiger partial charge is 0.468 e. The van der Waals surface area contributed by atoms with Gasteiger partial charge in [0.05, 0.1) is 13.1 Å². The molecule has 7 nitrogen and oxygen atoms in total. The molecule has 0 aromatic carbocycles. The number of aliphatic hydroxyl groups is 1. The van der Waals surface area contributed by atoms with Gasteiger partial charge in [0.15, 0.2) is 12.6 Å². The summed E-state index contributed by atoms with van der Waals surface area (Å²) in [6, 6.07) is 4.84. The van der Waals surface area contributed by atoms with Gasteiger partial charge in [-0.1, -0.05) is 0 Å². The quantitative estimate of drug-likeness (QED) is 0.442. The van der Waals surface area contributed by atoms with Crippen LogP contribution in [-0.2, 0) is 12.1 Å². The molecule has 0 fully saturated rings. The highest BCUT2D eigenvalue weighted by Crippen LogP contribution is 2.26. The number of ether oxygens (including phenoxy) is 1. The average molecular weight is 428 g/mol. The fourth-order valence-corrected chi connectivity index (χ4v) is 2.81. The molecule has 3 N–H and O–H groups in total. The Morgan fingerprint density at radius 3 is 2.60 bits per heavy atom. The summed E-state index contributed by atoms with van der Waals surface area (Å²) in [5, 5.41) is 17.0. The minimum absolute atomic E-state index is 0.119. The Balaban J connectivity index is 2.03. The highest BCUT2D eigenvalue weighted by molar-refractivity contribution is 5.79. The number of rotatable bonds is 8. The summed E-state index contributed by atoms with van der Waals surface area (Å²) < 4.78 is 47.0. The minimum Gasteiger partial charge on any atom is -0.468 e. The minimum atomic E-state index is -4.43. The zero-order valence-electron chi connectivity index (χ0n) is 17.4. The van der Waals surface area contributed by atoms with Crippen molar-refractivity contribution in [2.75, 3.05) is 19.7 Å². The van der Waals surface area contributed by atoms with Crippen LogP contribution < -0.4 is 15.4 Å². The molecule has 0 bridgehead atoms. The number of pyridine rings is 1. The van der Waals surface area contributed by atoms with Crippen molar-refractivity contribution < 1.29 is 27.4 Å². The highest BCUT2D eigenvalue weighted by atomic mass is 19.4. The van der Waals surface area contributed by atoms with Crippen LogP contribution in [0.15, 0.2) is 33.8 Å². The summed E-state index contributed by atoms with van der Waals surface area (Å²) in [5.41, 5.74) is 0.129. The maximum atomic E-state index is 12.3. The molecule has 2 heterocycles. The Bertz CT molecular complexity index is 863. The van der Waals surface area contributed by atoms with Crippen molar-refractivity contribution >= 4 is 5.96 Å². The predicted molar refractivity (Wildman–Crippen MR) is 106 cm³/mol. The maximum Gasteiger partial charge on any atom is 0.422 e. The first kappa shape index (κ1) is 23.5. The summed E-state index contributed by atoms with van der Waals surface area (Å²) in [7, 11) is 0. The Morgan fingerprint density at radius 2 is 2.00 bits per heavy atom. The van der Waals surface area contributed by atoms with Gasteiger partial charge in [-0.3, -0.25) is 0 Å². The molecule has 0 radical (unpaired) electrons. The molecule has 166 valence electrons. The fourth-order valence-electron chi connectivity index (χ4n) is 2.81. The van der Waals surface area contributed by atoms with Gasteiger partial charge in [0, 0.05) is 24.4 Å². The molecule has 0 spiro atoms. The van der Waals surface area contributed by atoms with Crippen LogP contribution in [0.5, 0.6) is 5.88 Å². The van der Waals surface area contributed by atoms with Crippen molar-refractivity contribution in [2.45, 2.75) is 46.0 Å². The molecule has 1 unspecified atom stereocenters. The van der Waals surface area contributed by atoms with Gasteiger partial charge >= 0.3 is 6.18 Å². The molecule has 0 aliphatic rings. The van der Waals surface area contributed by atoms with E-state index in [1.807, 2.05) is 13.8 Å². The lowest BCUT2D eigenvalue weighted by atomic mass is 9.96. The average Bonchev–Trinajstić information content (AvgIpc) is 3.01. The lowest BCUT2D eigenvalue weighted by Crippen LogP contribution is -2.44. The second-order valence-electron chi connectivity index (χ2n) is 7.06. The molecule has 0 amide bonds. The van der Waals surface area contributed by atoms with Crippen LogP contribution in [0, 0.1) is 13.8 Å². The smallest absolute Gasteiger partial charge is 0.422 e. The van der Waals surface area contributed by atoms with Crippen molar-refractivity contribution in [3.05, 3.63) is 47.0 Å². The SMILES string of the molecule is CCNC(=NCc1ccnc(OCC(F)(F)F)c1)NCC(C)(O)c1cc(C)oc1C. The third kappa shape index (κ3) is 7.25. The van der Waals surface area contributed by atoms with Crippen molar-refractivity contribution in [3.8, 4) is 5.88 Å². The summed E-state index contributed by atoms with van der Waals surface area (Å²) in [6.07, 6.45) is -3.06. The maximum absolute atomic E-state index is 12.3. The van der Waals surface area contributed by atoms with Gasteiger partial charge < -0.3 is 24.9 Å². The summed E-state index contributed by atoms with van der Waals surface area (Å²) >= 11 is 0. The van der Waals surface area contributed by atoms with Crippen molar-refractivity contribution in [3.63, 3.8) is 0 Å². The zero-order chi connectivity index (χ0) is 22.4.